The van der Waals surface area contributed by atoms with Crippen LogP contribution in [0.3, 0.4) is 0 Å². The second-order valence-electron chi connectivity index (χ2n) is 21.0. The van der Waals surface area contributed by atoms with Gasteiger partial charge in [0.05, 0.1) is 24.0 Å². The Labute approximate surface area is 423 Å². The number of nitrogens with one attached hydrogen (secondary N) is 2. The number of hydrogen-bond acceptors (Lipinski definition) is 11. The van der Waals surface area contributed by atoms with E-state index in [-0.39, 0.29) is 78.8 Å². The molecule has 10 rings (SSSR count). The number of nitrogens with two attached hydrogens (primary N) is 1. The molecule has 390 valence electrons. The molecule has 6 aliphatic rings. The number of rotatable bonds is 13. The van der Waals surface area contributed by atoms with Gasteiger partial charge in [0, 0.05) is 80.6 Å². The van der Waals surface area contributed by atoms with Gasteiger partial charge in [0.15, 0.2) is 23.0 Å². The fraction of sp³-hybridized carbons (Fsp3) is 0.527. The standard InChI is InChI=1S/C55H67F3N8O7/c1-31-41(56)29-45-48(47(31)49-38(51(59)69)13-14-44(50(49)58)72-26-25-67)32(2)55(73-45,35-7-5-4-6-8-35)30-60-36-11-9-34(10-12-36)53(70)65-22-17-37(18-23-65)64-20-15-33(16-21-64)39-28-43-40(27-42(39)57)52(62-63(43)3)66-24-19-46(68)61-54(66)71/h4-8,13-14,27-29,32-34,36-38,49,54,60,67,71H,9-12,15-26,30H2,1-3H3,(H2,59,69)(H,61,68)/t32-,34?,36?,38?,49-,54?,55-/m0/s1. The van der Waals surface area contributed by atoms with Gasteiger partial charge in [-0.2, -0.15) is 5.10 Å². The van der Waals surface area contributed by atoms with Crippen LogP contribution in [0.2, 0.25) is 0 Å². The van der Waals surface area contributed by atoms with Crippen LogP contribution >= 0.6 is 0 Å². The minimum Gasteiger partial charge on any atom is -0.488 e. The number of allylic oxidation sites excluding steroid dienone is 2. The van der Waals surface area contributed by atoms with Crippen molar-refractivity contribution in [1.82, 2.24) is 30.2 Å². The molecule has 6 N–H and O–H groups in total. The van der Waals surface area contributed by atoms with Crippen LogP contribution in [0.15, 0.2) is 72.3 Å². The quantitative estimate of drug-likeness (QED) is 0.104. The third kappa shape index (κ3) is 9.48. The molecule has 3 saturated heterocycles. The van der Waals surface area contributed by atoms with E-state index in [0.717, 1.165) is 75.5 Å². The van der Waals surface area contributed by atoms with Crippen LogP contribution in [-0.2, 0) is 31.8 Å². The van der Waals surface area contributed by atoms with E-state index in [0.29, 0.717) is 53.6 Å². The van der Waals surface area contributed by atoms with Gasteiger partial charge in [-0.05, 0) is 118 Å². The van der Waals surface area contributed by atoms with Crippen LogP contribution in [0.5, 0.6) is 5.75 Å². The van der Waals surface area contributed by atoms with Gasteiger partial charge in [-0.3, -0.25) is 19.1 Å². The lowest BCUT2D eigenvalue weighted by atomic mass is 9.72. The Morgan fingerprint density at radius 1 is 0.959 bits per heavy atom. The first kappa shape index (κ1) is 50.6. The molecule has 1 saturated carbocycles. The number of carbonyl (C=O) groups excluding carboxylic acids is 3. The summed E-state index contributed by atoms with van der Waals surface area (Å²) in [7, 11) is 1.81. The summed E-state index contributed by atoms with van der Waals surface area (Å²) in [6.45, 7) is 6.78. The van der Waals surface area contributed by atoms with Crippen molar-refractivity contribution in [1.29, 1.82) is 0 Å². The summed E-state index contributed by atoms with van der Waals surface area (Å²) in [5.74, 6) is -4.76. The summed E-state index contributed by atoms with van der Waals surface area (Å²) < 4.78 is 62.6. The van der Waals surface area contributed by atoms with Crippen molar-refractivity contribution in [2.75, 3.05) is 57.4 Å². The number of piperidine rings is 2. The van der Waals surface area contributed by atoms with E-state index in [1.807, 2.05) is 48.2 Å². The molecule has 15 nitrogen and oxygen atoms in total. The SMILES string of the molecule is Cc1c(F)cc2c(c1[C@H]1C(F)=C(OCCO)C=CC1C(N)=O)[C@H](C)[C@@](CNC1CCC(C(=O)N3CCC(N4CCC(c5cc6c(cc5F)c(N5CCC(=O)NC5O)nn6C)CC4)CC3)CC1)(c1ccccc1)O2. The zero-order valence-corrected chi connectivity index (χ0v) is 41.8. The van der Waals surface area contributed by atoms with Crippen molar-refractivity contribution in [2.24, 2.45) is 24.6 Å². The van der Waals surface area contributed by atoms with Gasteiger partial charge in [-0.25, -0.2) is 13.2 Å². The average molecular weight is 1010 g/mol. The molecule has 0 spiro atoms. The molecule has 3 aromatic carbocycles. The summed E-state index contributed by atoms with van der Waals surface area (Å²) in [4.78, 5) is 44.9. The molecule has 4 fully saturated rings. The Morgan fingerprint density at radius 3 is 2.37 bits per heavy atom. The summed E-state index contributed by atoms with van der Waals surface area (Å²) in [6, 6.07) is 14.9. The van der Waals surface area contributed by atoms with Gasteiger partial charge in [-0.1, -0.05) is 43.3 Å². The molecule has 2 unspecified atom stereocenters. The highest BCUT2D eigenvalue weighted by atomic mass is 19.1. The molecular formula is C55H67F3N8O7. The summed E-state index contributed by atoms with van der Waals surface area (Å²) in [5, 5.41) is 31.4. The number of aliphatic hydroxyl groups is 2. The van der Waals surface area contributed by atoms with Gasteiger partial charge >= 0.3 is 0 Å². The van der Waals surface area contributed by atoms with E-state index in [2.05, 4.69) is 20.6 Å². The Kier molecular flexibility index (Phi) is 14.4. The molecule has 18 heteroatoms. The maximum atomic E-state index is 16.6. The van der Waals surface area contributed by atoms with Crippen LogP contribution in [0.1, 0.15) is 110 Å². The maximum absolute atomic E-state index is 16.6. The average Bonchev–Trinajstić information content (AvgIpc) is 3.86. The summed E-state index contributed by atoms with van der Waals surface area (Å²) in [6.07, 6.45) is 8.27. The Balaban J connectivity index is 0.747. The van der Waals surface area contributed by atoms with E-state index in [4.69, 9.17) is 15.2 Å². The first-order chi connectivity index (χ1) is 35.2. The number of ether oxygens (including phenoxy) is 2. The van der Waals surface area contributed by atoms with Crippen molar-refractivity contribution in [3.63, 3.8) is 0 Å². The molecule has 5 atom stereocenters. The Hall–Kier alpha value is -5.95. The van der Waals surface area contributed by atoms with Crippen molar-refractivity contribution >= 4 is 34.4 Å². The van der Waals surface area contributed by atoms with Crippen molar-refractivity contribution in [3.8, 4) is 5.75 Å². The molecule has 73 heavy (non-hydrogen) atoms. The number of fused-ring (bicyclic) bond motifs is 2. The van der Waals surface area contributed by atoms with E-state index in [9.17, 15) is 24.6 Å². The number of aryl methyl sites for hydroxylation is 1. The van der Waals surface area contributed by atoms with E-state index >= 15 is 13.2 Å². The lowest BCUT2D eigenvalue weighted by Gasteiger charge is -2.43. The monoisotopic (exact) mass is 1010 g/mol. The van der Waals surface area contributed by atoms with Crippen LogP contribution in [-0.4, -0.2) is 118 Å². The number of carbonyl (C=O) groups is 3. The second-order valence-corrected chi connectivity index (χ2v) is 21.0. The predicted molar refractivity (Wildman–Crippen MR) is 268 cm³/mol. The summed E-state index contributed by atoms with van der Waals surface area (Å²) >= 11 is 0. The van der Waals surface area contributed by atoms with Crippen molar-refractivity contribution in [2.45, 2.75) is 113 Å². The zero-order valence-electron chi connectivity index (χ0n) is 41.8. The highest BCUT2D eigenvalue weighted by Crippen LogP contribution is 2.56. The maximum Gasteiger partial charge on any atom is 0.225 e. The van der Waals surface area contributed by atoms with Gasteiger partial charge in [-0.15, -0.1) is 0 Å². The molecule has 0 radical (unpaired) electrons. The topological polar surface area (TPSA) is 188 Å². The fourth-order valence-corrected chi connectivity index (χ4v) is 12.9. The largest absolute Gasteiger partial charge is 0.488 e. The lowest BCUT2D eigenvalue weighted by molar-refractivity contribution is -0.138. The third-order valence-corrected chi connectivity index (χ3v) is 17.0. The highest BCUT2D eigenvalue weighted by molar-refractivity contribution is 5.92. The van der Waals surface area contributed by atoms with Crippen LogP contribution in [0, 0.1) is 30.4 Å². The number of nitrogens with zero attached hydrogens (tertiary/aromatic N) is 5. The van der Waals surface area contributed by atoms with Crippen molar-refractivity contribution in [3.05, 3.63) is 112 Å². The van der Waals surface area contributed by atoms with Crippen LogP contribution in [0.25, 0.3) is 10.9 Å². The smallest absolute Gasteiger partial charge is 0.225 e. The molecule has 5 heterocycles. The molecule has 2 aliphatic carbocycles. The lowest BCUT2D eigenvalue weighted by Crippen LogP contribution is -2.54. The first-order valence-electron chi connectivity index (χ1n) is 26.0. The molecule has 4 aliphatic heterocycles. The summed E-state index contributed by atoms with van der Waals surface area (Å²) in [5.41, 5.74) is 8.19. The third-order valence-electron chi connectivity index (χ3n) is 17.0. The van der Waals surface area contributed by atoms with Gasteiger partial charge in [0.25, 0.3) is 0 Å². The highest BCUT2D eigenvalue weighted by Gasteiger charge is 2.52. The second kappa shape index (κ2) is 20.8. The van der Waals surface area contributed by atoms with Crippen LogP contribution < -0.4 is 26.0 Å². The minimum atomic E-state index is -1.27. The molecule has 4 aromatic rings. The number of aromatic nitrogens is 2. The van der Waals surface area contributed by atoms with Gasteiger partial charge in [0.2, 0.25) is 24.1 Å². The van der Waals surface area contributed by atoms with E-state index in [1.54, 1.807) is 23.6 Å². The number of aliphatic hydroxyl groups excluding tert-OH is 2. The normalized spacial score (nSPS) is 27.3. The van der Waals surface area contributed by atoms with Crippen molar-refractivity contribution < 1.29 is 47.2 Å². The number of likely N-dealkylation sites (tertiary alicyclic amines) is 2. The Morgan fingerprint density at radius 2 is 1.68 bits per heavy atom. The first-order valence-corrected chi connectivity index (χ1v) is 26.0. The number of amides is 3. The molecule has 1 aromatic heterocycles. The number of halogens is 3. The van der Waals surface area contributed by atoms with Crippen LogP contribution in [0.4, 0.5) is 19.0 Å². The number of hydrogen-bond donors (Lipinski definition) is 5. The molecule has 0 bridgehead atoms. The fourth-order valence-electron chi connectivity index (χ4n) is 12.9. The van der Waals surface area contributed by atoms with E-state index < -0.39 is 47.3 Å². The Bertz CT molecular complexity index is 2800. The number of benzene rings is 3. The molecule has 3 amide bonds. The van der Waals surface area contributed by atoms with Gasteiger partial charge < -0.3 is 50.8 Å². The molecular weight excluding hydrogens is 942 g/mol. The minimum absolute atomic E-state index is 0.0553. The van der Waals surface area contributed by atoms with Gasteiger partial charge in [0.1, 0.15) is 24.0 Å². The zero-order chi connectivity index (χ0) is 51.3. The van der Waals surface area contributed by atoms with E-state index in [1.165, 1.54) is 24.3 Å². The predicted octanol–water partition coefficient (Wildman–Crippen LogP) is 6.12. The number of primary amides is 1. The number of anilines is 1.